The average molecular weight is 397 g/mol. The van der Waals surface area contributed by atoms with Crippen LogP contribution in [0.15, 0.2) is 47.8 Å². The maximum absolute atomic E-state index is 12.9. The lowest BCUT2D eigenvalue weighted by atomic mass is 9.97. The number of methoxy groups -OCH3 is 1. The molecule has 6 heteroatoms. The van der Waals surface area contributed by atoms with Crippen LogP contribution in [0.2, 0.25) is 0 Å². The van der Waals surface area contributed by atoms with Crippen molar-refractivity contribution in [2.45, 2.75) is 19.9 Å². The molecule has 0 saturated carbocycles. The lowest BCUT2D eigenvalue weighted by molar-refractivity contribution is 0.0992. The Kier molecular flexibility index (Phi) is 6.92. The number of aliphatic hydroxyl groups is 1. The topological polar surface area (TPSA) is 71.5 Å². The molecule has 2 N–H and O–H groups in total. The summed E-state index contributed by atoms with van der Waals surface area (Å²) >= 11 is 1.63. The van der Waals surface area contributed by atoms with Crippen LogP contribution < -0.4 is 10.1 Å². The monoisotopic (exact) mass is 396 g/mol. The number of aryl methyl sites for hydroxylation is 1. The van der Waals surface area contributed by atoms with E-state index in [9.17, 15) is 4.79 Å². The van der Waals surface area contributed by atoms with Crippen molar-refractivity contribution >= 4 is 17.1 Å². The number of hydrogen-bond acceptors (Lipinski definition) is 6. The molecule has 0 aliphatic heterocycles. The summed E-state index contributed by atoms with van der Waals surface area (Å²) < 4.78 is 5.28. The number of hydrogen-bond donors (Lipinski definition) is 2. The van der Waals surface area contributed by atoms with Gasteiger partial charge in [0.1, 0.15) is 5.75 Å². The Morgan fingerprint density at radius 3 is 2.64 bits per heavy atom. The van der Waals surface area contributed by atoms with Gasteiger partial charge in [0, 0.05) is 36.0 Å². The Morgan fingerprint density at radius 2 is 2.00 bits per heavy atom. The molecule has 0 saturated heterocycles. The molecule has 28 heavy (non-hydrogen) atoms. The molecule has 3 aromatic rings. The first-order valence-corrected chi connectivity index (χ1v) is 10.0. The molecule has 2 aromatic carbocycles. The lowest BCUT2D eigenvalue weighted by Gasteiger charge is -2.12. The van der Waals surface area contributed by atoms with Crippen LogP contribution in [0.1, 0.15) is 26.5 Å². The number of carbonyl (C=O) groups is 1. The Bertz CT molecular complexity index is 935. The standard InChI is InChI=1S/C22H24N2O3S/c1-15-24-21(14-28-15)17-5-3-16(4-6-17)11-22(26)20-8-7-19(27-2)12-18(20)13-23-9-10-25/h3-8,12,14,23,25H,9-11,13H2,1-2H3. The van der Waals surface area contributed by atoms with Crippen LogP contribution in [-0.2, 0) is 13.0 Å². The number of ether oxygens (including phenoxy) is 1. The van der Waals surface area contributed by atoms with Crippen LogP contribution in [-0.4, -0.2) is 36.1 Å². The minimum absolute atomic E-state index is 0.0537. The van der Waals surface area contributed by atoms with Crippen LogP contribution in [0.5, 0.6) is 5.75 Å². The van der Waals surface area contributed by atoms with Crippen molar-refractivity contribution < 1.29 is 14.6 Å². The zero-order valence-electron chi connectivity index (χ0n) is 16.1. The summed E-state index contributed by atoms with van der Waals surface area (Å²) in [4.78, 5) is 17.4. The molecule has 0 radical (unpaired) electrons. The summed E-state index contributed by atoms with van der Waals surface area (Å²) in [5.41, 5.74) is 4.52. The predicted octanol–water partition coefficient (Wildman–Crippen LogP) is 3.63. The fraction of sp³-hybridized carbons (Fsp3) is 0.273. The smallest absolute Gasteiger partial charge is 0.167 e. The van der Waals surface area contributed by atoms with E-state index < -0.39 is 0 Å². The van der Waals surface area contributed by atoms with Crippen molar-refractivity contribution in [3.8, 4) is 17.0 Å². The summed E-state index contributed by atoms with van der Waals surface area (Å²) in [5.74, 6) is 0.765. The zero-order chi connectivity index (χ0) is 19.9. The number of thiazole rings is 1. The first-order chi connectivity index (χ1) is 13.6. The molecule has 0 spiro atoms. The van der Waals surface area contributed by atoms with E-state index in [-0.39, 0.29) is 12.4 Å². The number of benzene rings is 2. The maximum atomic E-state index is 12.9. The van der Waals surface area contributed by atoms with E-state index in [0.29, 0.717) is 30.8 Å². The van der Waals surface area contributed by atoms with Gasteiger partial charge in [-0.1, -0.05) is 24.3 Å². The summed E-state index contributed by atoms with van der Waals surface area (Å²) in [6.07, 6.45) is 0.329. The van der Waals surface area contributed by atoms with Gasteiger partial charge in [-0.3, -0.25) is 4.79 Å². The van der Waals surface area contributed by atoms with Gasteiger partial charge in [-0.05, 0) is 36.2 Å². The highest BCUT2D eigenvalue weighted by Gasteiger charge is 2.13. The van der Waals surface area contributed by atoms with E-state index in [4.69, 9.17) is 9.84 Å². The number of carbonyl (C=O) groups excluding carboxylic acids is 1. The molecule has 0 bridgehead atoms. The number of ketones is 1. The molecule has 0 aliphatic carbocycles. The molecule has 146 valence electrons. The van der Waals surface area contributed by atoms with E-state index in [1.807, 2.05) is 48.7 Å². The van der Waals surface area contributed by atoms with Crippen molar-refractivity contribution in [1.29, 1.82) is 0 Å². The summed E-state index contributed by atoms with van der Waals surface area (Å²) in [6.45, 7) is 3.02. The maximum Gasteiger partial charge on any atom is 0.167 e. The van der Waals surface area contributed by atoms with Gasteiger partial charge >= 0.3 is 0 Å². The van der Waals surface area contributed by atoms with Crippen LogP contribution >= 0.6 is 11.3 Å². The molecular formula is C22H24N2O3S. The first-order valence-electron chi connectivity index (χ1n) is 9.14. The minimum Gasteiger partial charge on any atom is -0.497 e. The number of nitrogens with one attached hydrogen (secondary N) is 1. The van der Waals surface area contributed by atoms with Crippen LogP contribution in [0.4, 0.5) is 0 Å². The van der Waals surface area contributed by atoms with Crippen LogP contribution in [0.25, 0.3) is 11.3 Å². The molecule has 0 unspecified atom stereocenters. The largest absolute Gasteiger partial charge is 0.497 e. The van der Waals surface area contributed by atoms with Gasteiger partial charge in [0.2, 0.25) is 0 Å². The molecule has 3 rings (SSSR count). The Labute approximate surface area is 169 Å². The number of Topliss-reactive ketones (excluding diaryl/α,β-unsaturated/α-hetero) is 1. The Hall–Kier alpha value is -2.54. The Morgan fingerprint density at radius 1 is 1.21 bits per heavy atom. The van der Waals surface area contributed by atoms with Gasteiger partial charge in [0.15, 0.2) is 5.78 Å². The fourth-order valence-corrected chi connectivity index (χ4v) is 3.61. The lowest BCUT2D eigenvalue weighted by Crippen LogP contribution is -2.19. The van der Waals surface area contributed by atoms with Crippen molar-refractivity contribution in [3.63, 3.8) is 0 Å². The quantitative estimate of drug-likeness (QED) is 0.427. The zero-order valence-corrected chi connectivity index (χ0v) is 16.9. The summed E-state index contributed by atoms with van der Waals surface area (Å²) in [7, 11) is 1.60. The molecule has 1 aromatic heterocycles. The summed E-state index contributed by atoms with van der Waals surface area (Å²) in [6, 6.07) is 13.5. The molecule has 0 aliphatic rings. The van der Waals surface area contributed by atoms with Crippen LogP contribution in [0.3, 0.4) is 0 Å². The predicted molar refractivity (Wildman–Crippen MR) is 112 cm³/mol. The molecule has 0 amide bonds. The highest BCUT2D eigenvalue weighted by atomic mass is 32.1. The molecule has 0 atom stereocenters. The van der Waals surface area contributed by atoms with Gasteiger partial charge < -0.3 is 15.2 Å². The van der Waals surface area contributed by atoms with Gasteiger partial charge in [-0.25, -0.2) is 4.98 Å². The first kappa shape index (κ1) is 20.2. The highest BCUT2D eigenvalue weighted by Crippen LogP contribution is 2.23. The van der Waals surface area contributed by atoms with Gasteiger partial charge in [-0.2, -0.15) is 0 Å². The normalized spacial score (nSPS) is 10.8. The SMILES string of the molecule is COc1ccc(C(=O)Cc2ccc(-c3csc(C)n3)cc2)c(CNCCO)c1. The van der Waals surface area contributed by atoms with Gasteiger partial charge in [-0.15, -0.1) is 11.3 Å². The van der Waals surface area contributed by atoms with E-state index in [2.05, 4.69) is 10.3 Å². The summed E-state index contributed by atoms with van der Waals surface area (Å²) in [5, 5.41) is 15.2. The molecule has 1 heterocycles. The van der Waals surface area contributed by atoms with Crippen molar-refractivity contribution in [2.75, 3.05) is 20.3 Å². The van der Waals surface area contributed by atoms with Gasteiger partial charge in [0.05, 0.1) is 24.4 Å². The second kappa shape index (κ2) is 9.59. The third kappa shape index (κ3) is 5.04. The van der Waals surface area contributed by atoms with E-state index >= 15 is 0 Å². The minimum atomic E-state index is 0.0537. The van der Waals surface area contributed by atoms with Crippen LogP contribution in [0, 0.1) is 6.92 Å². The molecule has 5 nitrogen and oxygen atoms in total. The van der Waals surface area contributed by atoms with Crippen molar-refractivity contribution in [3.05, 3.63) is 69.5 Å². The molecular weight excluding hydrogens is 372 g/mol. The third-order valence-corrected chi connectivity index (χ3v) is 5.22. The molecule has 0 fully saturated rings. The number of rotatable bonds is 9. The number of nitrogens with zero attached hydrogens (tertiary/aromatic N) is 1. The van der Waals surface area contributed by atoms with E-state index in [1.165, 1.54) is 0 Å². The van der Waals surface area contributed by atoms with Crippen molar-refractivity contribution in [1.82, 2.24) is 10.3 Å². The third-order valence-electron chi connectivity index (χ3n) is 4.45. The van der Waals surface area contributed by atoms with Gasteiger partial charge in [0.25, 0.3) is 0 Å². The number of aromatic nitrogens is 1. The highest BCUT2D eigenvalue weighted by molar-refractivity contribution is 7.09. The second-order valence-corrected chi connectivity index (χ2v) is 7.53. The average Bonchev–Trinajstić information content (AvgIpc) is 3.15. The second-order valence-electron chi connectivity index (χ2n) is 6.47. The number of aliphatic hydroxyl groups excluding tert-OH is 1. The Balaban J connectivity index is 1.74. The van der Waals surface area contributed by atoms with Crippen molar-refractivity contribution in [2.24, 2.45) is 0 Å². The van der Waals surface area contributed by atoms with E-state index in [1.54, 1.807) is 24.5 Å². The van der Waals surface area contributed by atoms with E-state index in [0.717, 1.165) is 27.4 Å². The fourth-order valence-electron chi connectivity index (χ4n) is 2.99.